The molecule has 0 radical (unpaired) electrons. The topological polar surface area (TPSA) is 12.9 Å². The summed E-state index contributed by atoms with van der Waals surface area (Å²) in [6.45, 7) is 0. The third kappa shape index (κ3) is 3.11. The Balaban J connectivity index is 1.32. The van der Waals surface area contributed by atoms with Crippen molar-refractivity contribution >= 4 is 10.9 Å². The number of nitrogens with zero attached hydrogens (tertiary/aromatic N) is 1. The molecule has 0 N–H and O–H groups in total. The molecule has 33 heavy (non-hydrogen) atoms. The van der Waals surface area contributed by atoms with Crippen LogP contribution in [0.3, 0.4) is 0 Å². The van der Waals surface area contributed by atoms with Crippen molar-refractivity contribution in [3.8, 4) is 22.4 Å². The molecular formula is C32H25N. The van der Waals surface area contributed by atoms with Crippen LogP contribution in [0.1, 0.15) is 22.3 Å². The maximum absolute atomic E-state index is 4.98. The molecule has 7 rings (SSSR count). The summed E-state index contributed by atoms with van der Waals surface area (Å²) in [6, 6.07) is 37.5. The second-order valence-electron chi connectivity index (χ2n) is 9.90. The van der Waals surface area contributed by atoms with Gasteiger partial charge >= 0.3 is 0 Å². The average Bonchev–Trinajstić information content (AvgIpc) is 3.41. The fraction of sp³-hybridized carbons (Fsp3) is 0.156. The first-order valence-electron chi connectivity index (χ1n) is 11.9. The van der Waals surface area contributed by atoms with Gasteiger partial charge in [0, 0.05) is 10.9 Å². The molecule has 0 unspecified atom stereocenters. The highest BCUT2D eigenvalue weighted by Gasteiger charge is 2.41. The van der Waals surface area contributed by atoms with Gasteiger partial charge in [0.2, 0.25) is 0 Å². The molecule has 0 amide bonds. The molecule has 0 fully saturated rings. The summed E-state index contributed by atoms with van der Waals surface area (Å²) >= 11 is 0. The third-order valence-electron chi connectivity index (χ3n) is 7.68. The summed E-state index contributed by atoms with van der Waals surface area (Å²) in [5, 5.41) is 1.22. The normalized spacial score (nSPS) is 15.6. The summed E-state index contributed by atoms with van der Waals surface area (Å²) in [4.78, 5) is 4.98. The van der Waals surface area contributed by atoms with Gasteiger partial charge in [-0.15, -0.1) is 0 Å². The van der Waals surface area contributed by atoms with Crippen molar-refractivity contribution in [2.45, 2.75) is 25.7 Å². The zero-order chi connectivity index (χ0) is 21.8. The summed E-state index contributed by atoms with van der Waals surface area (Å²) < 4.78 is 0. The molecule has 1 aromatic heterocycles. The van der Waals surface area contributed by atoms with Crippen molar-refractivity contribution in [2.75, 3.05) is 0 Å². The Bertz CT molecular complexity index is 1490. The van der Waals surface area contributed by atoms with Gasteiger partial charge in [-0.3, -0.25) is 0 Å². The molecule has 1 spiro atoms. The molecule has 0 saturated carbocycles. The first-order valence-corrected chi connectivity index (χ1v) is 11.9. The number of hydrogen-bond donors (Lipinski definition) is 0. The van der Waals surface area contributed by atoms with Crippen molar-refractivity contribution in [2.24, 2.45) is 5.41 Å². The van der Waals surface area contributed by atoms with Crippen LogP contribution in [-0.2, 0) is 25.7 Å². The number of pyridine rings is 1. The van der Waals surface area contributed by atoms with Crippen LogP contribution in [0, 0.1) is 5.41 Å². The van der Waals surface area contributed by atoms with Crippen LogP contribution in [-0.4, -0.2) is 4.98 Å². The van der Waals surface area contributed by atoms with Gasteiger partial charge in [0.25, 0.3) is 0 Å². The predicted octanol–water partition coefficient (Wildman–Crippen LogP) is 7.45. The van der Waals surface area contributed by atoms with E-state index >= 15 is 0 Å². The van der Waals surface area contributed by atoms with Crippen molar-refractivity contribution < 1.29 is 0 Å². The van der Waals surface area contributed by atoms with Crippen LogP contribution in [0.2, 0.25) is 0 Å². The standard InChI is InChI=1S/C32H25N/c1-2-8-22(9-3-1)31-17-29(28-12-6-7-13-30(28)33-31)23-14-15-26-20-32(21-27(26)16-23)18-24-10-4-5-11-25(24)19-32/h1-17H,18-21H2. The molecule has 0 bridgehead atoms. The minimum absolute atomic E-state index is 0.375. The lowest BCUT2D eigenvalue weighted by atomic mass is 9.82. The molecule has 1 heterocycles. The number of aromatic nitrogens is 1. The Hall–Kier alpha value is -3.71. The first-order chi connectivity index (χ1) is 16.3. The van der Waals surface area contributed by atoms with E-state index in [0.717, 1.165) is 16.8 Å². The van der Waals surface area contributed by atoms with Crippen LogP contribution in [0.5, 0.6) is 0 Å². The molecule has 0 saturated heterocycles. The Morgan fingerprint density at radius 3 is 1.94 bits per heavy atom. The minimum Gasteiger partial charge on any atom is -0.248 e. The van der Waals surface area contributed by atoms with Crippen molar-refractivity contribution in [1.29, 1.82) is 0 Å². The second kappa shape index (κ2) is 7.15. The molecular weight excluding hydrogens is 398 g/mol. The van der Waals surface area contributed by atoms with Crippen LogP contribution in [0.15, 0.2) is 103 Å². The van der Waals surface area contributed by atoms with E-state index in [-0.39, 0.29) is 0 Å². The zero-order valence-corrected chi connectivity index (χ0v) is 18.6. The van der Waals surface area contributed by atoms with Crippen molar-refractivity contribution in [3.63, 3.8) is 0 Å². The second-order valence-corrected chi connectivity index (χ2v) is 9.90. The predicted molar refractivity (Wildman–Crippen MR) is 136 cm³/mol. The number of hydrogen-bond acceptors (Lipinski definition) is 1. The molecule has 0 atom stereocenters. The quantitative estimate of drug-likeness (QED) is 0.287. The van der Waals surface area contributed by atoms with Gasteiger partial charge in [0.05, 0.1) is 11.2 Å². The molecule has 2 aliphatic carbocycles. The molecule has 158 valence electrons. The zero-order valence-electron chi connectivity index (χ0n) is 18.6. The summed E-state index contributed by atoms with van der Waals surface area (Å²) in [7, 11) is 0. The lowest BCUT2D eigenvalue weighted by molar-refractivity contribution is 0.326. The Morgan fingerprint density at radius 1 is 0.515 bits per heavy atom. The fourth-order valence-corrected chi connectivity index (χ4v) is 6.19. The van der Waals surface area contributed by atoms with Gasteiger partial charge in [0.1, 0.15) is 0 Å². The van der Waals surface area contributed by atoms with Crippen molar-refractivity contribution in [3.05, 3.63) is 125 Å². The van der Waals surface area contributed by atoms with Gasteiger partial charge in [-0.1, -0.05) is 91.0 Å². The number of para-hydroxylation sites is 1. The Labute approximate surface area is 194 Å². The van der Waals surface area contributed by atoms with E-state index in [1.807, 2.05) is 0 Å². The average molecular weight is 424 g/mol. The number of rotatable bonds is 2. The number of benzene rings is 4. The van der Waals surface area contributed by atoms with Gasteiger partial charge in [-0.2, -0.15) is 0 Å². The van der Waals surface area contributed by atoms with E-state index in [9.17, 15) is 0 Å². The highest BCUT2D eigenvalue weighted by Crippen LogP contribution is 2.48. The van der Waals surface area contributed by atoms with Crippen LogP contribution in [0.4, 0.5) is 0 Å². The fourth-order valence-electron chi connectivity index (χ4n) is 6.19. The van der Waals surface area contributed by atoms with Gasteiger partial charge < -0.3 is 0 Å². The smallest absolute Gasteiger partial charge is 0.0715 e. The first kappa shape index (κ1) is 18.8. The highest BCUT2D eigenvalue weighted by molar-refractivity contribution is 5.96. The molecule has 5 aromatic rings. The molecule has 1 heteroatoms. The number of fused-ring (bicyclic) bond motifs is 3. The van der Waals surface area contributed by atoms with Crippen LogP contribution >= 0.6 is 0 Å². The van der Waals surface area contributed by atoms with E-state index < -0.39 is 0 Å². The van der Waals surface area contributed by atoms with E-state index in [1.165, 1.54) is 53.3 Å². The van der Waals surface area contributed by atoms with Crippen molar-refractivity contribution in [1.82, 2.24) is 4.98 Å². The minimum atomic E-state index is 0.375. The Kier molecular flexibility index (Phi) is 4.08. The van der Waals surface area contributed by atoms with E-state index in [0.29, 0.717) is 5.41 Å². The van der Waals surface area contributed by atoms with E-state index in [2.05, 4.69) is 103 Å². The molecule has 2 aliphatic rings. The molecule has 4 aromatic carbocycles. The maximum atomic E-state index is 4.98. The Morgan fingerprint density at radius 2 is 1.15 bits per heavy atom. The van der Waals surface area contributed by atoms with Gasteiger partial charge in [0.15, 0.2) is 0 Å². The van der Waals surface area contributed by atoms with Crippen LogP contribution in [0.25, 0.3) is 33.3 Å². The summed E-state index contributed by atoms with van der Waals surface area (Å²) in [5.74, 6) is 0. The molecule has 1 nitrogen and oxygen atoms in total. The summed E-state index contributed by atoms with van der Waals surface area (Å²) in [6.07, 6.45) is 4.80. The highest BCUT2D eigenvalue weighted by atomic mass is 14.7. The summed E-state index contributed by atoms with van der Waals surface area (Å²) in [5.41, 5.74) is 12.4. The SMILES string of the molecule is c1ccc(-c2cc(-c3ccc4c(c3)CC3(Cc5ccccc5C3)C4)c3ccccc3n2)cc1. The van der Waals surface area contributed by atoms with Gasteiger partial charge in [-0.25, -0.2) is 4.98 Å². The van der Waals surface area contributed by atoms with Crippen LogP contribution < -0.4 is 0 Å². The van der Waals surface area contributed by atoms with E-state index in [4.69, 9.17) is 4.98 Å². The lowest BCUT2D eigenvalue weighted by Gasteiger charge is -2.21. The maximum Gasteiger partial charge on any atom is 0.0715 e. The monoisotopic (exact) mass is 423 g/mol. The largest absolute Gasteiger partial charge is 0.248 e. The molecule has 0 aliphatic heterocycles. The van der Waals surface area contributed by atoms with E-state index in [1.54, 1.807) is 11.1 Å². The lowest BCUT2D eigenvalue weighted by Crippen LogP contribution is -2.21. The van der Waals surface area contributed by atoms with Gasteiger partial charge in [-0.05, 0) is 76.6 Å². The third-order valence-corrected chi connectivity index (χ3v) is 7.68.